The van der Waals surface area contributed by atoms with Gasteiger partial charge in [-0.25, -0.2) is 0 Å². The van der Waals surface area contributed by atoms with Crippen LogP contribution in [0.3, 0.4) is 0 Å². The zero-order valence-electron chi connectivity index (χ0n) is 16.3. The summed E-state index contributed by atoms with van der Waals surface area (Å²) in [5.74, 6) is -0.267. The quantitative estimate of drug-likeness (QED) is 0.327. The van der Waals surface area contributed by atoms with Gasteiger partial charge in [0.1, 0.15) is 10.6 Å². The SMILES string of the molecule is CCCCCCCCCCCCOS(=O)(=O)c1c(O)ccc2ccccc12. The molecule has 150 valence electrons. The highest BCUT2D eigenvalue weighted by molar-refractivity contribution is 7.87. The Labute approximate surface area is 163 Å². The zero-order chi connectivity index (χ0) is 19.5. The van der Waals surface area contributed by atoms with Crippen LogP contribution in [0.25, 0.3) is 10.8 Å². The summed E-state index contributed by atoms with van der Waals surface area (Å²) in [6.07, 6.45) is 11.8. The summed E-state index contributed by atoms with van der Waals surface area (Å²) >= 11 is 0. The smallest absolute Gasteiger partial charge is 0.301 e. The second-order valence-electron chi connectivity index (χ2n) is 7.09. The standard InChI is InChI=1S/C22H32O4S/c1-2-3-4-5-6-7-8-9-10-13-18-26-27(24,25)22-20-15-12-11-14-19(20)16-17-21(22)23/h11-12,14-17,23H,2-10,13,18H2,1H3. The van der Waals surface area contributed by atoms with Crippen LogP contribution >= 0.6 is 0 Å². The van der Waals surface area contributed by atoms with Crippen molar-refractivity contribution >= 4 is 20.9 Å². The van der Waals surface area contributed by atoms with Gasteiger partial charge in [-0.15, -0.1) is 0 Å². The third-order valence-electron chi connectivity index (χ3n) is 4.85. The topological polar surface area (TPSA) is 63.6 Å². The van der Waals surface area contributed by atoms with Crippen molar-refractivity contribution in [1.29, 1.82) is 0 Å². The molecule has 5 heteroatoms. The highest BCUT2D eigenvalue weighted by Crippen LogP contribution is 2.32. The lowest BCUT2D eigenvalue weighted by atomic mass is 10.1. The Bertz CT molecular complexity index is 799. The number of hydrogen-bond acceptors (Lipinski definition) is 4. The van der Waals surface area contributed by atoms with E-state index in [1.165, 1.54) is 51.0 Å². The van der Waals surface area contributed by atoms with Crippen molar-refractivity contribution in [2.24, 2.45) is 0 Å². The lowest BCUT2D eigenvalue weighted by Gasteiger charge is -2.10. The molecule has 0 unspecified atom stereocenters. The molecule has 0 radical (unpaired) electrons. The highest BCUT2D eigenvalue weighted by Gasteiger charge is 2.22. The summed E-state index contributed by atoms with van der Waals surface area (Å²) in [6.45, 7) is 2.38. The summed E-state index contributed by atoms with van der Waals surface area (Å²) in [5, 5.41) is 11.3. The molecule has 1 N–H and O–H groups in total. The fourth-order valence-corrected chi connectivity index (χ4v) is 4.55. The third kappa shape index (κ3) is 6.82. The van der Waals surface area contributed by atoms with Gasteiger partial charge in [0.25, 0.3) is 0 Å². The largest absolute Gasteiger partial charge is 0.506 e. The van der Waals surface area contributed by atoms with Gasteiger partial charge in [-0.1, -0.05) is 95.0 Å². The first-order chi connectivity index (χ1) is 13.1. The first kappa shape index (κ1) is 21.7. The molecule has 0 aliphatic carbocycles. The summed E-state index contributed by atoms with van der Waals surface area (Å²) in [5.41, 5.74) is 0. The lowest BCUT2D eigenvalue weighted by molar-refractivity contribution is 0.304. The van der Waals surface area contributed by atoms with E-state index in [1.807, 2.05) is 12.1 Å². The number of benzene rings is 2. The van der Waals surface area contributed by atoms with Gasteiger partial charge in [0.2, 0.25) is 0 Å². The molecule has 0 fully saturated rings. The summed E-state index contributed by atoms with van der Waals surface area (Å²) in [7, 11) is -3.98. The van der Waals surface area contributed by atoms with E-state index in [4.69, 9.17) is 4.18 Å². The zero-order valence-corrected chi connectivity index (χ0v) is 17.1. The van der Waals surface area contributed by atoms with E-state index >= 15 is 0 Å². The average molecular weight is 393 g/mol. The van der Waals surface area contributed by atoms with Crippen molar-refractivity contribution in [3.63, 3.8) is 0 Å². The number of phenols is 1. The van der Waals surface area contributed by atoms with Crippen molar-refractivity contribution in [3.05, 3.63) is 36.4 Å². The molecule has 0 saturated heterocycles. The number of rotatable bonds is 13. The molecule has 4 nitrogen and oxygen atoms in total. The molecular weight excluding hydrogens is 360 g/mol. The number of fused-ring (bicyclic) bond motifs is 1. The molecule has 27 heavy (non-hydrogen) atoms. The van der Waals surface area contributed by atoms with Crippen molar-refractivity contribution in [1.82, 2.24) is 0 Å². The molecule has 0 amide bonds. The number of unbranched alkanes of at least 4 members (excludes halogenated alkanes) is 9. The van der Waals surface area contributed by atoms with E-state index in [-0.39, 0.29) is 17.3 Å². The molecule has 0 atom stereocenters. The molecule has 0 saturated carbocycles. The summed E-state index contributed by atoms with van der Waals surface area (Å²) in [4.78, 5) is -0.132. The minimum Gasteiger partial charge on any atom is -0.506 e. The first-order valence-electron chi connectivity index (χ1n) is 10.2. The highest BCUT2D eigenvalue weighted by atomic mass is 32.2. The van der Waals surface area contributed by atoms with Crippen molar-refractivity contribution in [2.75, 3.05) is 6.61 Å². The molecule has 0 aliphatic heterocycles. The predicted molar refractivity (Wildman–Crippen MR) is 111 cm³/mol. The second kappa shape index (κ2) is 11.3. The second-order valence-corrected chi connectivity index (χ2v) is 8.65. The van der Waals surface area contributed by atoms with Crippen molar-refractivity contribution in [2.45, 2.75) is 76.0 Å². The van der Waals surface area contributed by atoms with Crippen LogP contribution < -0.4 is 0 Å². The van der Waals surface area contributed by atoms with Gasteiger partial charge >= 0.3 is 10.1 Å². The predicted octanol–water partition coefficient (Wildman–Crippen LogP) is 6.17. The minimum absolute atomic E-state index is 0.132. The number of aromatic hydroxyl groups is 1. The Balaban J connectivity index is 1.74. The van der Waals surface area contributed by atoms with Gasteiger partial charge in [0.15, 0.2) is 0 Å². The molecule has 0 bridgehead atoms. The summed E-state index contributed by atoms with van der Waals surface area (Å²) < 4.78 is 30.3. The molecule has 0 heterocycles. The van der Waals surface area contributed by atoms with Crippen LogP contribution in [0.4, 0.5) is 0 Å². The monoisotopic (exact) mass is 392 g/mol. The van der Waals surface area contributed by atoms with Gasteiger partial charge in [-0.05, 0) is 17.9 Å². The van der Waals surface area contributed by atoms with Crippen LogP contribution in [0.2, 0.25) is 0 Å². The molecule has 0 spiro atoms. The number of phenolic OH excluding ortho intramolecular Hbond substituents is 1. The van der Waals surface area contributed by atoms with Crippen LogP contribution in [0.5, 0.6) is 5.75 Å². The van der Waals surface area contributed by atoms with E-state index in [9.17, 15) is 13.5 Å². The molecule has 0 aliphatic rings. The maximum Gasteiger partial charge on any atom is 0.301 e. The van der Waals surface area contributed by atoms with Gasteiger partial charge in [0, 0.05) is 5.39 Å². The van der Waals surface area contributed by atoms with E-state index in [1.54, 1.807) is 18.2 Å². The van der Waals surface area contributed by atoms with Crippen LogP contribution in [0.1, 0.15) is 71.1 Å². The van der Waals surface area contributed by atoms with Crippen LogP contribution in [-0.2, 0) is 14.3 Å². The van der Waals surface area contributed by atoms with Gasteiger partial charge in [-0.3, -0.25) is 4.18 Å². The summed E-state index contributed by atoms with van der Waals surface area (Å²) in [6, 6.07) is 10.2. The van der Waals surface area contributed by atoms with Crippen LogP contribution in [0, 0.1) is 0 Å². The Kier molecular flexibility index (Phi) is 9.08. The fourth-order valence-electron chi connectivity index (χ4n) is 3.31. The van der Waals surface area contributed by atoms with Gasteiger partial charge in [-0.2, -0.15) is 8.42 Å². The Hall–Kier alpha value is -1.59. The molecule has 2 aromatic rings. The maximum absolute atomic E-state index is 12.5. The first-order valence-corrected chi connectivity index (χ1v) is 11.6. The van der Waals surface area contributed by atoms with Crippen molar-refractivity contribution < 1.29 is 17.7 Å². The molecule has 2 aromatic carbocycles. The fraction of sp³-hybridized carbons (Fsp3) is 0.545. The normalized spacial score (nSPS) is 11.9. The Morgan fingerprint density at radius 2 is 1.41 bits per heavy atom. The Morgan fingerprint density at radius 3 is 2.07 bits per heavy atom. The van der Waals surface area contributed by atoms with Crippen molar-refractivity contribution in [3.8, 4) is 5.75 Å². The lowest BCUT2D eigenvalue weighted by Crippen LogP contribution is -2.08. The third-order valence-corrected chi connectivity index (χ3v) is 6.25. The average Bonchev–Trinajstić information content (AvgIpc) is 2.65. The maximum atomic E-state index is 12.5. The molecular formula is C22H32O4S. The van der Waals surface area contributed by atoms with Crippen LogP contribution in [0.15, 0.2) is 41.3 Å². The molecule has 2 rings (SSSR count). The minimum atomic E-state index is -3.98. The van der Waals surface area contributed by atoms with Gasteiger partial charge in [0.05, 0.1) is 6.61 Å². The van der Waals surface area contributed by atoms with E-state index in [0.717, 1.165) is 18.2 Å². The van der Waals surface area contributed by atoms with E-state index < -0.39 is 10.1 Å². The van der Waals surface area contributed by atoms with Crippen LogP contribution in [-0.4, -0.2) is 20.1 Å². The Morgan fingerprint density at radius 1 is 0.815 bits per heavy atom. The van der Waals surface area contributed by atoms with Gasteiger partial charge < -0.3 is 5.11 Å². The van der Waals surface area contributed by atoms with E-state index in [0.29, 0.717) is 11.8 Å². The number of hydrogen-bond donors (Lipinski definition) is 1. The van der Waals surface area contributed by atoms with E-state index in [2.05, 4.69) is 6.92 Å². The molecule has 0 aromatic heterocycles.